The van der Waals surface area contributed by atoms with Crippen LogP contribution in [0.15, 0.2) is 0 Å². The van der Waals surface area contributed by atoms with E-state index in [-0.39, 0.29) is 0 Å². The van der Waals surface area contributed by atoms with Crippen LogP contribution >= 0.6 is 0 Å². The van der Waals surface area contributed by atoms with Crippen molar-refractivity contribution in [2.75, 3.05) is 6.54 Å². The molecule has 0 aromatic heterocycles. The predicted octanol–water partition coefficient (Wildman–Crippen LogP) is 2.85. The van der Waals surface area contributed by atoms with E-state index in [1.54, 1.807) is 0 Å². The molecule has 0 aliphatic heterocycles. The van der Waals surface area contributed by atoms with Gasteiger partial charge in [0.2, 0.25) is 0 Å². The van der Waals surface area contributed by atoms with Gasteiger partial charge in [-0.15, -0.1) is 0 Å². The Morgan fingerprint density at radius 1 is 1.29 bits per heavy atom. The first kappa shape index (κ1) is 11.5. The maximum absolute atomic E-state index is 8.41. The van der Waals surface area contributed by atoms with Crippen LogP contribution in [0.4, 0.5) is 0 Å². The topological polar surface area (TPSA) is 35.8 Å². The second-order valence-electron chi connectivity index (χ2n) is 4.53. The van der Waals surface area contributed by atoms with Crippen LogP contribution in [-0.4, -0.2) is 12.6 Å². The minimum Gasteiger partial charge on any atom is -0.314 e. The highest BCUT2D eigenvalue weighted by molar-refractivity contribution is 4.75. The number of rotatable bonds is 4. The Morgan fingerprint density at radius 2 is 2.14 bits per heavy atom. The Bertz CT molecular complexity index is 183. The third-order valence-electron chi connectivity index (χ3n) is 3.16. The van der Waals surface area contributed by atoms with Gasteiger partial charge in [-0.3, -0.25) is 0 Å². The van der Waals surface area contributed by atoms with Gasteiger partial charge < -0.3 is 5.32 Å². The fourth-order valence-corrected chi connectivity index (χ4v) is 2.16. The van der Waals surface area contributed by atoms with Gasteiger partial charge in [-0.1, -0.05) is 19.8 Å². The van der Waals surface area contributed by atoms with Crippen molar-refractivity contribution in [3.63, 3.8) is 0 Å². The van der Waals surface area contributed by atoms with Crippen LogP contribution < -0.4 is 5.32 Å². The van der Waals surface area contributed by atoms with Crippen LogP contribution in [0.3, 0.4) is 0 Å². The average molecular weight is 194 g/mol. The minimum atomic E-state index is 0.691. The van der Waals surface area contributed by atoms with Gasteiger partial charge in [0, 0.05) is 12.5 Å². The minimum absolute atomic E-state index is 0.691. The van der Waals surface area contributed by atoms with Crippen molar-refractivity contribution in [3.8, 4) is 6.07 Å². The lowest BCUT2D eigenvalue weighted by Crippen LogP contribution is -2.29. The largest absolute Gasteiger partial charge is 0.314 e. The summed E-state index contributed by atoms with van der Waals surface area (Å²) in [4.78, 5) is 0. The molecule has 2 unspecified atom stereocenters. The Labute approximate surface area is 87.7 Å². The molecule has 0 heterocycles. The molecule has 0 saturated heterocycles. The highest BCUT2D eigenvalue weighted by Crippen LogP contribution is 2.22. The van der Waals surface area contributed by atoms with Crippen LogP contribution in [0.2, 0.25) is 0 Å². The molecule has 1 saturated carbocycles. The van der Waals surface area contributed by atoms with Crippen molar-refractivity contribution in [1.82, 2.24) is 5.32 Å². The number of hydrogen-bond acceptors (Lipinski definition) is 2. The molecule has 1 rings (SSSR count). The zero-order chi connectivity index (χ0) is 10.2. The highest BCUT2D eigenvalue weighted by atomic mass is 14.9. The summed E-state index contributed by atoms with van der Waals surface area (Å²) in [6.45, 7) is 3.38. The molecule has 2 heteroatoms. The van der Waals surface area contributed by atoms with Crippen LogP contribution in [-0.2, 0) is 0 Å². The predicted molar refractivity (Wildman–Crippen MR) is 58.9 cm³/mol. The molecule has 1 fully saturated rings. The molecule has 0 amide bonds. The normalized spacial score (nSPS) is 28.0. The maximum Gasteiger partial charge on any atom is 0.0622 e. The van der Waals surface area contributed by atoms with Crippen molar-refractivity contribution >= 4 is 0 Å². The molecular weight excluding hydrogens is 172 g/mol. The molecular formula is C12H22N2. The van der Waals surface area contributed by atoms with E-state index >= 15 is 0 Å². The first-order valence-electron chi connectivity index (χ1n) is 5.93. The Kier molecular flexibility index (Phi) is 5.63. The second-order valence-corrected chi connectivity index (χ2v) is 4.53. The second kappa shape index (κ2) is 6.84. The van der Waals surface area contributed by atoms with Gasteiger partial charge >= 0.3 is 0 Å². The van der Waals surface area contributed by atoms with E-state index in [1.807, 2.05) is 0 Å². The van der Waals surface area contributed by atoms with Crippen LogP contribution in [0.25, 0.3) is 0 Å². The van der Waals surface area contributed by atoms with Gasteiger partial charge in [-0.05, 0) is 38.1 Å². The Hall–Kier alpha value is -0.550. The molecule has 2 nitrogen and oxygen atoms in total. The van der Waals surface area contributed by atoms with Gasteiger partial charge in [0.1, 0.15) is 0 Å². The van der Waals surface area contributed by atoms with E-state index in [9.17, 15) is 0 Å². The summed E-state index contributed by atoms with van der Waals surface area (Å²) in [5, 5.41) is 12.0. The lowest BCUT2D eigenvalue weighted by Gasteiger charge is -2.15. The number of nitrogens with one attached hydrogen (secondary N) is 1. The molecule has 0 bridgehead atoms. The van der Waals surface area contributed by atoms with Crippen LogP contribution in [0.1, 0.15) is 51.9 Å². The highest BCUT2D eigenvalue weighted by Gasteiger charge is 2.14. The molecule has 0 aromatic rings. The lowest BCUT2D eigenvalue weighted by molar-refractivity contribution is 0.446. The summed E-state index contributed by atoms with van der Waals surface area (Å²) >= 11 is 0. The van der Waals surface area contributed by atoms with E-state index in [0.29, 0.717) is 6.42 Å². The van der Waals surface area contributed by atoms with Crippen molar-refractivity contribution in [1.29, 1.82) is 5.26 Å². The molecule has 0 aromatic carbocycles. The third kappa shape index (κ3) is 4.62. The summed E-state index contributed by atoms with van der Waals surface area (Å²) in [6, 6.07) is 2.91. The lowest BCUT2D eigenvalue weighted by atomic mass is 10.0. The van der Waals surface area contributed by atoms with E-state index in [4.69, 9.17) is 5.26 Å². The van der Waals surface area contributed by atoms with E-state index in [2.05, 4.69) is 18.3 Å². The molecule has 1 aliphatic rings. The zero-order valence-electron chi connectivity index (χ0n) is 9.26. The summed E-state index contributed by atoms with van der Waals surface area (Å²) in [5.41, 5.74) is 0. The zero-order valence-corrected chi connectivity index (χ0v) is 9.26. The van der Waals surface area contributed by atoms with Crippen molar-refractivity contribution < 1.29 is 0 Å². The van der Waals surface area contributed by atoms with Crippen molar-refractivity contribution in [3.05, 3.63) is 0 Å². The molecule has 2 atom stereocenters. The fraction of sp³-hybridized carbons (Fsp3) is 0.917. The summed E-state index contributed by atoms with van der Waals surface area (Å²) in [5.74, 6) is 0.918. The van der Waals surface area contributed by atoms with Crippen molar-refractivity contribution in [2.24, 2.45) is 5.92 Å². The summed E-state index contributed by atoms with van der Waals surface area (Å²) < 4.78 is 0. The third-order valence-corrected chi connectivity index (χ3v) is 3.16. The number of nitriles is 1. The molecule has 14 heavy (non-hydrogen) atoms. The Balaban J connectivity index is 2.08. The van der Waals surface area contributed by atoms with E-state index in [0.717, 1.165) is 24.9 Å². The Morgan fingerprint density at radius 3 is 2.93 bits per heavy atom. The number of hydrogen-bond donors (Lipinski definition) is 1. The molecule has 1 aliphatic carbocycles. The van der Waals surface area contributed by atoms with Crippen LogP contribution in [0.5, 0.6) is 0 Å². The maximum atomic E-state index is 8.41. The van der Waals surface area contributed by atoms with Gasteiger partial charge in [0.15, 0.2) is 0 Å². The standard InChI is InChI=1S/C12H22N2/c1-11-5-4-6-12(8-7-11)14-10-3-2-9-13/h11-12,14H,2-8,10H2,1H3. The van der Waals surface area contributed by atoms with E-state index in [1.165, 1.54) is 32.1 Å². The van der Waals surface area contributed by atoms with Crippen molar-refractivity contribution in [2.45, 2.75) is 57.9 Å². The first-order valence-corrected chi connectivity index (χ1v) is 5.93. The smallest absolute Gasteiger partial charge is 0.0622 e. The first-order chi connectivity index (χ1) is 6.83. The summed E-state index contributed by atoms with van der Waals surface area (Å²) in [6.07, 6.45) is 8.49. The fourth-order valence-electron chi connectivity index (χ4n) is 2.16. The average Bonchev–Trinajstić information content (AvgIpc) is 2.38. The van der Waals surface area contributed by atoms with Crippen LogP contribution in [0, 0.1) is 17.2 Å². The molecule has 0 spiro atoms. The summed E-state index contributed by atoms with van der Waals surface area (Å²) in [7, 11) is 0. The van der Waals surface area contributed by atoms with Gasteiger partial charge in [0.05, 0.1) is 6.07 Å². The number of nitrogens with zero attached hydrogens (tertiary/aromatic N) is 1. The number of unbranched alkanes of at least 4 members (excludes halogenated alkanes) is 1. The molecule has 1 N–H and O–H groups in total. The quantitative estimate of drug-likeness (QED) is 0.552. The molecule has 80 valence electrons. The van der Waals surface area contributed by atoms with E-state index < -0.39 is 0 Å². The SMILES string of the molecule is CC1CCCC(NCCCC#N)CC1. The molecule has 0 radical (unpaired) electrons. The van der Waals surface area contributed by atoms with Gasteiger partial charge in [-0.25, -0.2) is 0 Å². The monoisotopic (exact) mass is 194 g/mol. The van der Waals surface area contributed by atoms with Gasteiger partial charge in [-0.2, -0.15) is 5.26 Å². The van der Waals surface area contributed by atoms with Gasteiger partial charge in [0.25, 0.3) is 0 Å².